The highest BCUT2D eigenvalue weighted by Crippen LogP contribution is 2.26. The molecule has 0 saturated heterocycles. The van der Waals surface area contributed by atoms with Crippen LogP contribution in [0.1, 0.15) is 15.9 Å². The number of anilines is 1. The Morgan fingerprint density at radius 1 is 1.43 bits per heavy atom. The normalized spacial score (nSPS) is 10.4. The van der Waals surface area contributed by atoms with Gasteiger partial charge in [0.05, 0.1) is 11.3 Å². The van der Waals surface area contributed by atoms with Gasteiger partial charge in [0, 0.05) is 4.47 Å². The summed E-state index contributed by atoms with van der Waals surface area (Å²) in [6.45, 7) is 1.93. The quantitative estimate of drug-likeness (QED) is 0.604. The zero-order valence-electron chi connectivity index (χ0n) is 10.8. The van der Waals surface area contributed by atoms with E-state index in [2.05, 4.69) is 31.4 Å². The van der Waals surface area contributed by atoms with Crippen molar-refractivity contribution in [3.05, 3.63) is 33.8 Å². The number of rotatable bonds is 5. The summed E-state index contributed by atoms with van der Waals surface area (Å²) in [7, 11) is 0. The Kier molecular flexibility index (Phi) is 5.32. The zero-order chi connectivity index (χ0) is 15.4. The zero-order valence-corrected chi connectivity index (χ0v) is 14.0. The van der Waals surface area contributed by atoms with Gasteiger partial charge < -0.3 is 5.11 Å². The molecule has 0 fully saturated rings. The number of carboxylic acids is 1. The molecule has 9 heteroatoms. The molecule has 0 bridgehead atoms. The molecule has 0 spiro atoms. The first kappa shape index (κ1) is 15.9. The topological polar surface area (TPSA) is 92.2 Å². The largest absolute Gasteiger partial charge is 0.481 e. The highest BCUT2D eigenvalue weighted by Gasteiger charge is 2.13. The predicted molar refractivity (Wildman–Crippen MR) is 85.1 cm³/mol. The molecule has 2 rings (SSSR count). The van der Waals surface area contributed by atoms with Crippen molar-refractivity contribution < 1.29 is 14.7 Å². The van der Waals surface area contributed by atoms with Crippen LogP contribution in [0.3, 0.4) is 0 Å². The fourth-order valence-corrected chi connectivity index (χ4v) is 3.55. The second-order valence-electron chi connectivity index (χ2n) is 3.99. The number of hydrogen-bond acceptors (Lipinski definition) is 6. The lowest BCUT2D eigenvalue weighted by atomic mass is 10.1. The Hall–Kier alpha value is -1.45. The molecule has 1 aromatic heterocycles. The molecule has 1 aromatic carbocycles. The molecular formula is C12H10BrN3O3S2. The maximum Gasteiger partial charge on any atom is 0.313 e. The number of benzene rings is 1. The number of aryl methyl sites for hydroxylation is 1. The Morgan fingerprint density at radius 3 is 2.86 bits per heavy atom. The fraction of sp³-hybridized carbons (Fsp3) is 0.167. The van der Waals surface area contributed by atoms with Crippen LogP contribution in [-0.4, -0.2) is 32.9 Å². The predicted octanol–water partition coefficient (Wildman–Crippen LogP) is 3.04. The van der Waals surface area contributed by atoms with Crippen molar-refractivity contribution in [2.45, 2.75) is 11.3 Å². The lowest BCUT2D eigenvalue weighted by Gasteiger charge is -2.04. The Bertz CT molecular complexity index is 690. The number of amides is 1. The van der Waals surface area contributed by atoms with Crippen molar-refractivity contribution in [3.63, 3.8) is 0 Å². The second kappa shape index (κ2) is 7.01. The van der Waals surface area contributed by atoms with Gasteiger partial charge in [-0.2, -0.15) is 0 Å². The van der Waals surface area contributed by atoms with E-state index in [4.69, 9.17) is 5.11 Å². The molecule has 0 aliphatic carbocycles. The molecule has 0 radical (unpaired) electrons. The highest BCUT2D eigenvalue weighted by molar-refractivity contribution is 9.10. The van der Waals surface area contributed by atoms with E-state index in [0.29, 0.717) is 19.5 Å². The summed E-state index contributed by atoms with van der Waals surface area (Å²) in [5.74, 6) is -1.32. The molecule has 6 nitrogen and oxygen atoms in total. The van der Waals surface area contributed by atoms with Gasteiger partial charge in [0.25, 0.3) is 5.91 Å². The molecule has 110 valence electrons. The SMILES string of the molecule is Cc1ccc(C(=O)Nc2nnc(SCC(=O)O)s2)c(Br)c1. The number of aliphatic carboxylic acids is 1. The number of halogens is 1. The van der Waals surface area contributed by atoms with E-state index in [0.717, 1.165) is 28.7 Å². The van der Waals surface area contributed by atoms with Crippen LogP contribution in [0.4, 0.5) is 5.13 Å². The third-order valence-electron chi connectivity index (χ3n) is 2.32. The molecular weight excluding hydrogens is 378 g/mol. The average Bonchev–Trinajstić information content (AvgIpc) is 2.83. The molecule has 0 unspecified atom stereocenters. The highest BCUT2D eigenvalue weighted by atomic mass is 79.9. The van der Waals surface area contributed by atoms with Gasteiger partial charge in [-0.25, -0.2) is 0 Å². The maximum absolute atomic E-state index is 12.1. The first-order valence-corrected chi connectivity index (χ1v) is 8.31. The maximum atomic E-state index is 12.1. The van der Waals surface area contributed by atoms with Crippen LogP contribution in [0.15, 0.2) is 27.0 Å². The minimum atomic E-state index is -0.927. The van der Waals surface area contributed by atoms with Gasteiger partial charge in [0.1, 0.15) is 0 Å². The van der Waals surface area contributed by atoms with Crippen LogP contribution in [0.25, 0.3) is 0 Å². The van der Waals surface area contributed by atoms with E-state index in [1.807, 2.05) is 19.1 Å². The standard InChI is InChI=1S/C12H10BrN3O3S2/c1-6-2-3-7(8(13)4-6)10(19)14-11-15-16-12(21-11)20-5-9(17)18/h2-4H,5H2,1H3,(H,17,18)(H,14,15,19). The molecule has 2 N–H and O–H groups in total. The second-order valence-corrected chi connectivity index (χ2v) is 7.05. The van der Waals surface area contributed by atoms with Gasteiger partial charge in [-0.05, 0) is 40.5 Å². The summed E-state index contributed by atoms with van der Waals surface area (Å²) >= 11 is 5.54. The molecule has 21 heavy (non-hydrogen) atoms. The Morgan fingerprint density at radius 2 is 2.19 bits per heavy atom. The van der Waals surface area contributed by atoms with Crippen molar-refractivity contribution >= 4 is 56.0 Å². The van der Waals surface area contributed by atoms with Crippen LogP contribution in [0.5, 0.6) is 0 Å². The molecule has 0 aliphatic heterocycles. The van der Waals surface area contributed by atoms with Gasteiger partial charge in [-0.1, -0.05) is 29.2 Å². The van der Waals surface area contributed by atoms with Gasteiger partial charge in [0.15, 0.2) is 4.34 Å². The first-order chi connectivity index (χ1) is 9.95. The first-order valence-electron chi connectivity index (χ1n) is 5.71. The molecule has 1 heterocycles. The molecule has 0 atom stereocenters. The van der Waals surface area contributed by atoms with Gasteiger partial charge in [-0.15, -0.1) is 10.2 Å². The monoisotopic (exact) mass is 387 g/mol. The van der Waals surface area contributed by atoms with E-state index < -0.39 is 5.97 Å². The number of nitrogens with one attached hydrogen (secondary N) is 1. The summed E-state index contributed by atoms with van der Waals surface area (Å²) in [6, 6.07) is 5.41. The minimum Gasteiger partial charge on any atom is -0.481 e. The summed E-state index contributed by atoms with van der Waals surface area (Å²) in [6.07, 6.45) is 0. The van der Waals surface area contributed by atoms with E-state index in [1.165, 1.54) is 0 Å². The third kappa shape index (κ3) is 4.51. The summed E-state index contributed by atoms with van der Waals surface area (Å²) in [4.78, 5) is 22.6. The Balaban J connectivity index is 2.04. The van der Waals surface area contributed by atoms with Crippen LogP contribution < -0.4 is 5.32 Å². The number of aromatic nitrogens is 2. The van der Waals surface area contributed by atoms with Crippen LogP contribution in [-0.2, 0) is 4.79 Å². The minimum absolute atomic E-state index is 0.0912. The number of thioether (sulfide) groups is 1. The van der Waals surface area contributed by atoms with Crippen molar-refractivity contribution in [1.29, 1.82) is 0 Å². The number of nitrogens with zero attached hydrogens (tertiary/aromatic N) is 2. The summed E-state index contributed by atoms with van der Waals surface area (Å²) in [5.41, 5.74) is 1.54. The molecule has 1 amide bonds. The summed E-state index contributed by atoms with van der Waals surface area (Å²) < 4.78 is 1.20. The van der Waals surface area contributed by atoms with Crippen molar-refractivity contribution in [3.8, 4) is 0 Å². The number of carbonyl (C=O) groups is 2. The van der Waals surface area contributed by atoms with Crippen LogP contribution in [0, 0.1) is 6.92 Å². The summed E-state index contributed by atoms with van der Waals surface area (Å²) in [5, 5.41) is 19.2. The van der Waals surface area contributed by atoms with Crippen molar-refractivity contribution in [1.82, 2.24) is 10.2 Å². The van der Waals surface area contributed by atoms with Crippen LogP contribution >= 0.6 is 39.0 Å². The van der Waals surface area contributed by atoms with Crippen LogP contribution in [0.2, 0.25) is 0 Å². The van der Waals surface area contributed by atoms with E-state index >= 15 is 0 Å². The van der Waals surface area contributed by atoms with Crippen molar-refractivity contribution in [2.24, 2.45) is 0 Å². The molecule has 0 aliphatic rings. The van der Waals surface area contributed by atoms with E-state index in [9.17, 15) is 9.59 Å². The molecule has 0 saturated carbocycles. The lowest BCUT2D eigenvalue weighted by molar-refractivity contribution is -0.133. The fourth-order valence-electron chi connectivity index (χ4n) is 1.41. The number of carboxylic acid groups (broad SMARTS) is 1. The number of carbonyl (C=O) groups excluding carboxylic acids is 1. The number of hydrogen-bond donors (Lipinski definition) is 2. The van der Waals surface area contributed by atoms with Gasteiger partial charge in [0.2, 0.25) is 5.13 Å². The molecule has 2 aromatic rings. The average molecular weight is 388 g/mol. The van der Waals surface area contributed by atoms with Gasteiger partial charge in [-0.3, -0.25) is 14.9 Å². The smallest absolute Gasteiger partial charge is 0.313 e. The Labute approximate surface area is 137 Å². The van der Waals surface area contributed by atoms with Gasteiger partial charge >= 0.3 is 5.97 Å². The van der Waals surface area contributed by atoms with E-state index in [-0.39, 0.29) is 11.7 Å². The third-order valence-corrected chi connectivity index (χ3v) is 4.93. The van der Waals surface area contributed by atoms with E-state index in [1.54, 1.807) is 6.07 Å². The van der Waals surface area contributed by atoms with Crippen molar-refractivity contribution in [2.75, 3.05) is 11.1 Å². The lowest BCUT2D eigenvalue weighted by Crippen LogP contribution is -2.12.